The molecule has 0 radical (unpaired) electrons. The number of rotatable bonds is 5. The lowest BCUT2D eigenvalue weighted by Crippen LogP contribution is -2.37. The van der Waals surface area contributed by atoms with Crippen molar-refractivity contribution in [3.63, 3.8) is 0 Å². The summed E-state index contributed by atoms with van der Waals surface area (Å²) in [5, 5.41) is 3.55. The molecule has 0 fully saturated rings. The number of aryl methyl sites for hydroxylation is 1. The summed E-state index contributed by atoms with van der Waals surface area (Å²) in [6.07, 6.45) is 2.22. The molecule has 2 aromatic rings. The number of benzene rings is 1. The lowest BCUT2D eigenvalue weighted by atomic mass is 10.0. The van der Waals surface area contributed by atoms with Gasteiger partial charge in [-0.1, -0.05) is 19.1 Å². The van der Waals surface area contributed by atoms with Gasteiger partial charge in [0, 0.05) is 19.0 Å². The van der Waals surface area contributed by atoms with Crippen LogP contribution in [0.5, 0.6) is 0 Å². The maximum atomic E-state index is 4.75. The second-order valence-electron chi connectivity index (χ2n) is 6.85. The monoisotopic (exact) mass is 273 g/mol. The summed E-state index contributed by atoms with van der Waals surface area (Å²) in [5.74, 6) is 1.83. The first-order valence-corrected chi connectivity index (χ1v) is 7.52. The maximum absolute atomic E-state index is 4.75. The van der Waals surface area contributed by atoms with E-state index in [-0.39, 0.29) is 5.54 Å². The molecule has 0 aliphatic carbocycles. The van der Waals surface area contributed by atoms with Crippen LogP contribution in [0.4, 0.5) is 0 Å². The number of imidazole rings is 1. The van der Waals surface area contributed by atoms with Crippen molar-refractivity contribution in [2.45, 2.75) is 46.1 Å². The van der Waals surface area contributed by atoms with Gasteiger partial charge < -0.3 is 9.88 Å². The fraction of sp³-hybridized carbons (Fsp3) is 0.588. The van der Waals surface area contributed by atoms with Crippen LogP contribution in [0.15, 0.2) is 24.3 Å². The van der Waals surface area contributed by atoms with Crippen molar-refractivity contribution in [3.05, 3.63) is 30.1 Å². The predicted molar refractivity (Wildman–Crippen MR) is 86.0 cm³/mol. The van der Waals surface area contributed by atoms with E-state index in [4.69, 9.17) is 4.98 Å². The van der Waals surface area contributed by atoms with Crippen molar-refractivity contribution in [2.24, 2.45) is 13.0 Å². The van der Waals surface area contributed by atoms with Crippen molar-refractivity contribution in [1.29, 1.82) is 0 Å². The van der Waals surface area contributed by atoms with Crippen LogP contribution in [0.25, 0.3) is 11.0 Å². The number of nitrogens with one attached hydrogen (secondary N) is 1. The molecule has 0 amide bonds. The van der Waals surface area contributed by atoms with E-state index < -0.39 is 0 Å². The summed E-state index contributed by atoms with van der Waals surface area (Å²) < 4.78 is 2.23. The van der Waals surface area contributed by atoms with Gasteiger partial charge in [0.05, 0.1) is 11.0 Å². The lowest BCUT2D eigenvalue weighted by Gasteiger charge is -2.21. The van der Waals surface area contributed by atoms with Gasteiger partial charge in [-0.2, -0.15) is 0 Å². The van der Waals surface area contributed by atoms with E-state index in [1.165, 1.54) is 17.8 Å². The van der Waals surface area contributed by atoms with Crippen molar-refractivity contribution < 1.29 is 0 Å². The van der Waals surface area contributed by atoms with Crippen molar-refractivity contribution >= 4 is 11.0 Å². The van der Waals surface area contributed by atoms with Crippen molar-refractivity contribution in [2.75, 3.05) is 6.54 Å². The minimum atomic E-state index is 0.206. The Labute approximate surface area is 122 Å². The number of aromatic nitrogens is 2. The molecule has 1 aromatic heterocycles. The van der Waals surface area contributed by atoms with Crippen LogP contribution in [0.2, 0.25) is 0 Å². The summed E-state index contributed by atoms with van der Waals surface area (Å²) in [7, 11) is 2.12. The highest BCUT2D eigenvalue weighted by Crippen LogP contribution is 2.18. The summed E-state index contributed by atoms with van der Waals surface area (Å²) in [6.45, 7) is 10.0. The first kappa shape index (κ1) is 15.0. The van der Waals surface area contributed by atoms with Gasteiger partial charge in [0.25, 0.3) is 0 Å². The normalized spacial score (nSPS) is 13.8. The second kappa shape index (κ2) is 5.96. The van der Waals surface area contributed by atoms with E-state index in [2.05, 4.69) is 68.9 Å². The number of fused-ring (bicyclic) bond motifs is 1. The largest absolute Gasteiger partial charge is 0.331 e. The molecule has 1 atom stereocenters. The van der Waals surface area contributed by atoms with Crippen LogP contribution in [-0.2, 0) is 13.5 Å². The quantitative estimate of drug-likeness (QED) is 0.903. The molecule has 0 saturated carbocycles. The Morgan fingerprint density at radius 3 is 2.60 bits per heavy atom. The van der Waals surface area contributed by atoms with Crippen LogP contribution in [0, 0.1) is 5.92 Å². The molecule has 3 heteroatoms. The Kier molecular flexibility index (Phi) is 4.48. The Hall–Kier alpha value is -1.35. The van der Waals surface area contributed by atoms with Gasteiger partial charge in [-0.15, -0.1) is 0 Å². The molecular formula is C17H27N3. The highest BCUT2D eigenvalue weighted by molar-refractivity contribution is 5.75. The highest BCUT2D eigenvalue weighted by atomic mass is 15.1. The van der Waals surface area contributed by atoms with Crippen LogP contribution in [-0.4, -0.2) is 21.6 Å². The Morgan fingerprint density at radius 1 is 1.25 bits per heavy atom. The zero-order chi connectivity index (χ0) is 14.8. The van der Waals surface area contributed by atoms with Gasteiger partial charge >= 0.3 is 0 Å². The molecule has 0 bridgehead atoms. The van der Waals surface area contributed by atoms with Crippen LogP contribution in [0.3, 0.4) is 0 Å². The van der Waals surface area contributed by atoms with Gasteiger partial charge in [-0.3, -0.25) is 0 Å². The SMILES string of the molecule is CC(CCNC(C)(C)C)Cc1nc2ccccc2n1C. The third-order valence-electron chi connectivity index (χ3n) is 3.70. The van der Waals surface area contributed by atoms with Gasteiger partial charge in [-0.25, -0.2) is 4.98 Å². The average Bonchev–Trinajstić information content (AvgIpc) is 2.65. The van der Waals surface area contributed by atoms with E-state index in [0.29, 0.717) is 5.92 Å². The number of nitrogens with zero attached hydrogens (tertiary/aromatic N) is 2. The number of hydrogen-bond acceptors (Lipinski definition) is 2. The van der Waals surface area contributed by atoms with E-state index in [9.17, 15) is 0 Å². The number of para-hydroxylation sites is 2. The molecule has 0 spiro atoms. The minimum Gasteiger partial charge on any atom is -0.331 e. The van der Waals surface area contributed by atoms with E-state index in [1.54, 1.807) is 0 Å². The van der Waals surface area contributed by atoms with E-state index in [0.717, 1.165) is 18.5 Å². The van der Waals surface area contributed by atoms with E-state index >= 15 is 0 Å². The van der Waals surface area contributed by atoms with Gasteiger partial charge in [0.2, 0.25) is 0 Å². The first-order valence-electron chi connectivity index (χ1n) is 7.52. The standard InChI is InChI=1S/C17H27N3/c1-13(10-11-18-17(2,3)4)12-16-19-14-8-6-7-9-15(14)20(16)5/h6-9,13,18H,10-12H2,1-5H3. The van der Waals surface area contributed by atoms with Gasteiger partial charge in [-0.05, 0) is 51.8 Å². The maximum Gasteiger partial charge on any atom is 0.109 e. The Balaban J connectivity index is 1.96. The molecule has 0 aliphatic rings. The Bertz CT molecular complexity index is 563. The van der Waals surface area contributed by atoms with Crippen LogP contribution >= 0.6 is 0 Å². The summed E-state index contributed by atoms with van der Waals surface area (Å²) in [4.78, 5) is 4.75. The summed E-state index contributed by atoms with van der Waals surface area (Å²) >= 11 is 0. The molecule has 110 valence electrons. The molecular weight excluding hydrogens is 246 g/mol. The third-order valence-corrected chi connectivity index (χ3v) is 3.70. The zero-order valence-electron chi connectivity index (χ0n) is 13.4. The van der Waals surface area contributed by atoms with Crippen molar-refractivity contribution in [1.82, 2.24) is 14.9 Å². The third kappa shape index (κ3) is 3.83. The number of hydrogen-bond donors (Lipinski definition) is 1. The highest BCUT2D eigenvalue weighted by Gasteiger charge is 2.13. The fourth-order valence-corrected chi connectivity index (χ4v) is 2.49. The summed E-state index contributed by atoms with van der Waals surface area (Å²) in [6, 6.07) is 8.35. The predicted octanol–water partition coefficient (Wildman–Crippen LogP) is 3.53. The molecule has 0 aliphatic heterocycles. The van der Waals surface area contributed by atoms with Gasteiger partial charge in [0.15, 0.2) is 0 Å². The molecule has 1 aromatic carbocycles. The molecule has 1 N–H and O–H groups in total. The molecule has 2 rings (SSSR count). The average molecular weight is 273 g/mol. The first-order chi connectivity index (χ1) is 9.37. The van der Waals surface area contributed by atoms with Crippen LogP contribution < -0.4 is 5.32 Å². The van der Waals surface area contributed by atoms with Gasteiger partial charge in [0.1, 0.15) is 5.82 Å². The fourth-order valence-electron chi connectivity index (χ4n) is 2.49. The zero-order valence-corrected chi connectivity index (χ0v) is 13.4. The molecule has 1 heterocycles. The van der Waals surface area contributed by atoms with Crippen LogP contribution in [0.1, 0.15) is 39.9 Å². The van der Waals surface area contributed by atoms with E-state index in [1.807, 2.05) is 0 Å². The molecule has 1 unspecified atom stereocenters. The second-order valence-corrected chi connectivity index (χ2v) is 6.85. The topological polar surface area (TPSA) is 29.9 Å². The molecule has 3 nitrogen and oxygen atoms in total. The smallest absolute Gasteiger partial charge is 0.109 e. The van der Waals surface area contributed by atoms with Crippen molar-refractivity contribution in [3.8, 4) is 0 Å². The Morgan fingerprint density at radius 2 is 1.95 bits per heavy atom. The minimum absolute atomic E-state index is 0.206. The molecule has 0 saturated heterocycles. The summed E-state index contributed by atoms with van der Waals surface area (Å²) in [5.41, 5.74) is 2.53. The molecule has 20 heavy (non-hydrogen) atoms. The lowest BCUT2D eigenvalue weighted by molar-refractivity contribution is 0.391.